The van der Waals surface area contributed by atoms with Crippen LogP contribution in [0.2, 0.25) is 0 Å². The molecule has 3 N–H and O–H groups in total. The molecule has 4 heteroatoms. The van der Waals surface area contributed by atoms with Gasteiger partial charge >= 0.3 is 0 Å². The van der Waals surface area contributed by atoms with Crippen LogP contribution in [0.5, 0.6) is 11.5 Å². The topological polar surface area (TPSA) is 56.5 Å². The standard InChI is InChI=1S/C14H16N2O2/c1-17-13-7-5-11(6-8-13)10-18-14-4-2-3-12(9-14)16-15/h2-9,16H,10,15H2,1H3. The van der Waals surface area contributed by atoms with Crippen LogP contribution in [0.4, 0.5) is 5.69 Å². The maximum atomic E-state index is 5.67. The normalized spacial score (nSPS) is 9.89. The fourth-order valence-corrected chi connectivity index (χ4v) is 1.56. The first-order valence-electron chi connectivity index (χ1n) is 5.64. The molecule has 2 aromatic carbocycles. The molecule has 0 saturated carbocycles. The summed E-state index contributed by atoms with van der Waals surface area (Å²) in [5, 5.41) is 0. The highest BCUT2D eigenvalue weighted by Crippen LogP contribution is 2.18. The number of nitrogens with two attached hydrogens (primary N) is 1. The highest BCUT2D eigenvalue weighted by molar-refractivity contribution is 5.47. The van der Waals surface area contributed by atoms with Crippen molar-refractivity contribution in [2.24, 2.45) is 5.84 Å². The molecule has 18 heavy (non-hydrogen) atoms. The van der Waals surface area contributed by atoms with Gasteiger partial charge in [0.15, 0.2) is 0 Å². The van der Waals surface area contributed by atoms with Gasteiger partial charge in [-0.05, 0) is 29.8 Å². The first-order chi connectivity index (χ1) is 8.81. The number of hydrazine groups is 1. The van der Waals surface area contributed by atoms with Crippen LogP contribution >= 0.6 is 0 Å². The zero-order chi connectivity index (χ0) is 12.8. The summed E-state index contributed by atoms with van der Waals surface area (Å²) in [6, 6.07) is 15.3. The fraction of sp³-hybridized carbons (Fsp3) is 0.143. The Hall–Kier alpha value is -2.20. The van der Waals surface area contributed by atoms with Gasteiger partial charge in [0.1, 0.15) is 18.1 Å². The molecule has 0 bridgehead atoms. The van der Waals surface area contributed by atoms with Crippen LogP contribution in [0.25, 0.3) is 0 Å². The Labute approximate surface area is 106 Å². The predicted octanol–water partition coefficient (Wildman–Crippen LogP) is 2.56. The molecule has 0 unspecified atom stereocenters. The van der Waals surface area contributed by atoms with Crippen LogP contribution in [-0.4, -0.2) is 7.11 Å². The van der Waals surface area contributed by atoms with Gasteiger partial charge in [-0.25, -0.2) is 0 Å². The van der Waals surface area contributed by atoms with Gasteiger partial charge in [-0.2, -0.15) is 0 Å². The first kappa shape index (κ1) is 12.3. The molecule has 0 heterocycles. The summed E-state index contributed by atoms with van der Waals surface area (Å²) >= 11 is 0. The largest absolute Gasteiger partial charge is 0.497 e. The minimum absolute atomic E-state index is 0.512. The molecule has 0 aliphatic heterocycles. The molecule has 0 fully saturated rings. The highest BCUT2D eigenvalue weighted by Gasteiger charge is 1.98. The molecule has 0 saturated heterocycles. The van der Waals surface area contributed by atoms with Crippen molar-refractivity contribution in [3.8, 4) is 11.5 Å². The molecule has 94 valence electrons. The lowest BCUT2D eigenvalue weighted by Crippen LogP contribution is -2.06. The van der Waals surface area contributed by atoms with Gasteiger partial charge in [0, 0.05) is 6.07 Å². The lowest BCUT2D eigenvalue weighted by Gasteiger charge is -2.08. The summed E-state index contributed by atoms with van der Waals surface area (Å²) in [7, 11) is 1.65. The molecule has 0 aromatic heterocycles. The fourth-order valence-electron chi connectivity index (χ4n) is 1.56. The third kappa shape index (κ3) is 3.15. The Kier molecular flexibility index (Phi) is 4.04. The van der Waals surface area contributed by atoms with Crippen molar-refractivity contribution in [1.29, 1.82) is 0 Å². The van der Waals surface area contributed by atoms with E-state index >= 15 is 0 Å². The smallest absolute Gasteiger partial charge is 0.121 e. The summed E-state index contributed by atoms with van der Waals surface area (Å²) in [5.74, 6) is 6.96. The second-order valence-corrected chi connectivity index (χ2v) is 3.81. The molecule has 0 aliphatic rings. The van der Waals surface area contributed by atoms with E-state index in [0.717, 1.165) is 22.7 Å². The maximum Gasteiger partial charge on any atom is 0.121 e. The van der Waals surface area contributed by atoms with Crippen molar-refractivity contribution < 1.29 is 9.47 Å². The zero-order valence-electron chi connectivity index (χ0n) is 10.2. The van der Waals surface area contributed by atoms with Crippen LogP contribution in [-0.2, 0) is 6.61 Å². The summed E-state index contributed by atoms with van der Waals surface area (Å²) in [6.07, 6.45) is 0. The highest BCUT2D eigenvalue weighted by atomic mass is 16.5. The summed E-state index contributed by atoms with van der Waals surface area (Å²) in [4.78, 5) is 0. The van der Waals surface area contributed by atoms with Crippen LogP contribution in [0.1, 0.15) is 5.56 Å². The van der Waals surface area contributed by atoms with Crippen LogP contribution in [0.15, 0.2) is 48.5 Å². The predicted molar refractivity (Wildman–Crippen MR) is 71.6 cm³/mol. The van der Waals surface area contributed by atoms with Gasteiger partial charge in [-0.1, -0.05) is 18.2 Å². The van der Waals surface area contributed by atoms with Gasteiger partial charge in [0.05, 0.1) is 12.8 Å². The van der Waals surface area contributed by atoms with E-state index in [2.05, 4.69) is 5.43 Å². The molecule has 2 rings (SSSR count). The second kappa shape index (κ2) is 5.93. The number of nitrogen functional groups attached to an aromatic ring is 1. The lowest BCUT2D eigenvalue weighted by molar-refractivity contribution is 0.306. The SMILES string of the molecule is COc1ccc(COc2cccc(NN)c2)cc1. The van der Waals surface area contributed by atoms with Crippen LogP contribution < -0.4 is 20.7 Å². The van der Waals surface area contributed by atoms with Crippen molar-refractivity contribution in [2.45, 2.75) is 6.61 Å². The van der Waals surface area contributed by atoms with Crippen LogP contribution in [0.3, 0.4) is 0 Å². The average Bonchev–Trinajstić information content (AvgIpc) is 2.46. The summed E-state index contributed by atoms with van der Waals surface area (Å²) in [5.41, 5.74) is 4.49. The van der Waals surface area contributed by atoms with E-state index in [1.54, 1.807) is 7.11 Å². The number of ether oxygens (including phenoxy) is 2. The van der Waals surface area contributed by atoms with Crippen molar-refractivity contribution in [2.75, 3.05) is 12.5 Å². The van der Waals surface area contributed by atoms with E-state index in [1.165, 1.54) is 0 Å². The summed E-state index contributed by atoms with van der Waals surface area (Å²) < 4.78 is 10.8. The molecule has 0 spiro atoms. The van der Waals surface area contributed by atoms with Crippen molar-refractivity contribution in [1.82, 2.24) is 0 Å². The molecule has 2 aromatic rings. The van der Waals surface area contributed by atoms with Gasteiger partial charge in [-0.3, -0.25) is 5.84 Å². The van der Waals surface area contributed by atoms with E-state index in [1.807, 2.05) is 48.5 Å². The monoisotopic (exact) mass is 244 g/mol. The third-order valence-corrected chi connectivity index (χ3v) is 2.57. The van der Waals surface area contributed by atoms with Crippen molar-refractivity contribution in [3.05, 3.63) is 54.1 Å². The number of hydrogen-bond acceptors (Lipinski definition) is 4. The number of anilines is 1. The van der Waals surface area contributed by atoms with E-state index < -0.39 is 0 Å². The molecule has 0 amide bonds. The van der Waals surface area contributed by atoms with Crippen LogP contribution in [0, 0.1) is 0 Å². The number of hydrogen-bond donors (Lipinski definition) is 2. The number of methoxy groups -OCH3 is 1. The molecule has 0 radical (unpaired) electrons. The van der Waals surface area contributed by atoms with Gasteiger partial charge in [-0.15, -0.1) is 0 Å². The number of nitrogens with one attached hydrogen (secondary N) is 1. The zero-order valence-corrected chi connectivity index (χ0v) is 10.2. The van der Waals surface area contributed by atoms with Gasteiger partial charge < -0.3 is 14.9 Å². The van der Waals surface area contributed by atoms with Gasteiger partial charge in [0.2, 0.25) is 0 Å². The number of rotatable bonds is 5. The molecule has 0 atom stereocenters. The Bertz CT molecular complexity index is 497. The van der Waals surface area contributed by atoms with Gasteiger partial charge in [0.25, 0.3) is 0 Å². The van der Waals surface area contributed by atoms with E-state index in [-0.39, 0.29) is 0 Å². The molecule has 0 aliphatic carbocycles. The lowest BCUT2D eigenvalue weighted by atomic mass is 10.2. The van der Waals surface area contributed by atoms with Crippen molar-refractivity contribution in [3.63, 3.8) is 0 Å². The molecular formula is C14H16N2O2. The average molecular weight is 244 g/mol. The Morgan fingerprint density at radius 1 is 1.06 bits per heavy atom. The minimum Gasteiger partial charge on any atom is -0.497 e. The van der Waals surface area contributed by atoms with Crippen molar-refractivity contribution >= 4 is 5.69 Å². The molecule has 4 nitrogen and oxygen atoms in total. The van der Waals surface area contributed by atoms with E-state index in [4.69, 9.17) is 15.3 Å². The summed E-state index contributed by atoms with van der Waals surface area (Å²) in [6.45, 7) is 0.512. The Balaban J connectivity index is 1.97. The first-order valence-corrected chi connectivity index (χ1v) is 5.64. The minimum atomic E-state index is 0.512. The second-order valence-electron chi connectivity index (χ2n) is 3.81. The quantitative estimate of drug-likeness (QED) is 0.627. The third-order valence-electron chi connectivity index (χ3n) is 2.57. The Morgan fingerprint density at radius 3 is 2.50 bits per heavy atom. The van der Waals surface area contributed by atoms with E-state index in [0.29, 0.717) is 6.61 Å². The molecular weight excluding hydrogens is 228 g/mol. The number of benzene rings is 2. The van der Waals surface area contributed by atoms with E-state index in [9.17, 15) is 0 Å². The Morgan fingerprint density at radius 2 is 1.83 bits per heavy atom. The maximum absolute atomic E-state index is 5.67.